The number of furan rings is 1. The Balaban J connectivity index is 1.93. The minimum absolute atomic E-state index is 0.178. The summed E-state index contributed by atoms with van der Waals surface area (Å²) in [5.74, 6) is 0.946. The number of benzene rings is 1. The number of hydrogen-bond acceptors (Lipinski definition) is 5. The first-order valence-corrected chi connectivity index (χ1v) is 5.93. The van der Waals surface area contributed by atoms with Gasteiger partial charge in [0.2, 0.25) is 5.76 Å². The van der Waals surface area contributed by atoms with E-state index in [0.717, 1.165) is 0 Å². The fourth-order valence-corrected chi connectivity index (χ4v) is 1.49. The molecule has 0 atom stereocenters. The van der Waals surface area contributed by atoms with Gasteiger partial charge in [-0.15, -0.1) is 0 Å². The maximum atomic E-state index is 11.4. The second kappa shape index (κ2) is 5.95. The summed E-state index contributed by atoms with van der Waals surface area (Å²) in [4.78, 5) is 11.4. The zero-order valence-corrected chi connectivity index (χ0v) is 10.6. The Labute approximate surface area is 110 Å². The maximum absolute atomic E-state index is 11.4. The van der Waals surface area contributed by atoms with Crippen molar-refractivity contribution in [2.45, 2.75) is 13.5 Å². The molecule has 0 saturated heterocycles. The van der Waals surface area contributed by atoms with E-state index in [1.807, 2.05) is 0 Å². The van der Waals surface area contributed by atoms with Crippen LogP contribution in [0, 0.1) is 0 Å². The molecule has 1 heterocycles. The number of nitrogen functional groups attached to an aromatic ring is 1. The molecule has 0 aliphatic rings. The summed E-state index contributed by atoms with van der Waals surface area (Å²) >= 11 is 0. The maximum Gasteiger partial charge on any atom is 0.374 e. The predicted molar refractivity (Wildman–Crippen MR) is 69.9 cm³/mol. The summed E-state index contributed by atoms with van der Waals surface area (Å²) in [6, 6.07) is 10.3. The lowest BCUT2D eigenvalue weighted by molar-refractivity contribution is 0.0486. The van der Waals surface area contributed by atoms with Crippen LogP contribution < -0.4 is 10.5 Å². The van der Waals surface area contributed by atoms with Crippen molar-refractivity contribution in [1.82, 2.24) is 0 Å². The Morgan fingerprint density at radius 3 is 2.63 bits per heavy atom. The van der Waals surface area contributed by atoms with Gasteiger partial charge in [0, 0.05) is 5.69 Å². The van der Waals surface area contributed by atoms with Crippen LogP contribution in [0.1, 0.15) is 23.2 Å². The molecule has 0 bridgehead atoms. The van der Waals surface area contributed by atoms with Crippen LogP contribution in [0.25, 0.3) is 0 Å². The highest BCUT2D eigenvalue weighted by Crippen LogP contribution is 2.16. The van der Waals surface area contributed by atoms with Gasteiger partial charge in [0.15, 0.2) is 0 Å². The van der Waals surface area contributed by atoms with Gasteiger partial charge in [-0.25, -0.2) is 4.79 Å². The van der Waals surface area contributed by atoms with Crippen molar-refractivity contribution >= 4 is 11.7 Å². The average Bonchev–Trinajstić information content (AvgIpc) is 2.87. The molecule has 2 rings (SSSR count). The van der Waals surface area contributed by atoms with E-state index in [-0.39, 0.29) is 12.4 Å². The molecule has 19 heavy (non-hydrogen) atoms. The number of rotatable bonds is 5. The normalized spacial score (nSPS) is 10.2. The van der Waals surface area contributed by atoms with Gasteiger partial charge in [-0.3, -0.25) is 0 Å². The number of carbonyl (C=O) groups is 1. The average molecular weight is 261 g/mol. The van der Waals surface area contributed by atoms with Gasteiger partial charge in [0.25, 0.3) is 0 Å². The van der Waals surface area contributed by atoms with Gasteiger partial charge in [0.05, 0.1) is 6.61 Å². The Bertz CT molecular complexity index is 545. The summed E-state index contributed by atoms with van der Waals surface area (Å²) in [6.07, 6.45) is 0. The molecule has 5 nitrogen and oxygen atoms in total. The van der Waals surface area contributed by atoms with E-state index in [1.54, 1.807) is 43.3 Å². The first kappa shape index (κ1) is 13.0. The smallest absolute Gasteiger partial charge is 0.374 e. The van der Waals surface area contributed by atoms with Crippen LogP contribution in [0.4, 0.5) is 5.69 Å². The number of nitrogens with two attached hydrogens (primary N) is 1. The molecule has 1 aromatic carbocycles. The van der Waals surface area contributed by atoms with E-state index >= 15 is 0 Å². The second-order valence-electron chi connectivity index (χ2n) is 3.84. The fraction of sp³-hybridized carbons (Fsp3) is 0.214. The number of ether oxygens (including phenoxy) is 2. The number of anilines is 1. The first-order chi connectivity index (χ1) is 9.19. The Kier molecular flexibility index (Phi) is 4.07. The lowest BCUT2D eigenvalue weighted by Gasteiger charge is -2.04. The predicted octanol–water partition coefficient (Wildman–Crippen LogP) is 2.62. The Morgan fingerprint density at radius 2 is 1.95 bits per heavy atom. The summed E-state index contributed by atoms with van der Waals surface area (Å²) in [6.45, 7) is 2.30. The zero-order valence-electron chi connectivity index (χ0n) is 10.6. The second-order valence-corrected chi connectivity index (χ2v) is 3.84. The summed E-state index contributed by atoms with van der Waals surface area (Å²) in [5.41, 5.74) is 6.25. The van der Waals surface area contributed by atoms with Crippen LogP contribution >= 0.6 is 0 Å². The molecule has 0 amide bonds. The van der Waals surface area contributed by atoms with E-state index < -0.39 is 5.97 Å². The largest absolute Gasteiger partial charge is 0.486 e. The number of esters is 1. The lowest BCUT2D eigenvalue weighted by atomic mass is 10.3. The van der Waals surface area contributed by atoms with Crippen LogP contribution in [-0.2, 0) is 11.3 Å². The quantitative estimate of drug-likeness (QED) is 0.661. The van der Waals surface area contributed by atoms with Crippen LogP contribution in [0.15, 0.2) is 40.8 Å². The molecule has 0 fully saturated rings. The molecule has 0 aliphatic heterocycles. The monoisotopic (exact) mass is 261 g/mol. The fourth-order valence-electron chi connectivity index (χ4n) is 1.49. The highest BCUT2D eigenvalue weighted by Gasteiger charge is 2.12. The van der Waals surface area contributed by atoms with E-state index in [1.165, 1.54) is 0 Å². The van der Waals surface area contributed by atoms with Crippen molar-refractivity contribution in [1.29, 1.82) is 0 Å². The van der Waals surface area contributed by atoms with Gasteiger partial charge in [-0.2, -0.15) is 0 Å². The van der Waals surface area contributed by atoms with Gasteiger partial charge in [0.1, 0.15) is 18.1 Å². The molecule has 2 aromatic rings. The molecular formula is C14H15NO4. The van der Waals surface area contributed by atoms with E-state index in [2.05, 4.69) is 0 Å². The summed E-state index contributed by atoms with van der Waals surface area (Å²) in [7, 11) is 0. The third kappa shape index (κ3) is 3.51. The van der Waals surface area contributed by atoms with Gasteiger partial charge < -0.3 is 19.6 Å². The van der Waals surface area contributed by atoms with Gasteiger partial charge in [-0.05, 0) is 43.3 Å². The van der Waals surface area contributed by atoms with Crippen molar-refractivity contribution in [3.63, 3.8) is 0 Å². The molecule has 0 spiro atoms. The molecule has 0 radical (unpaired) electrons. The minimum Gasteiger partial charge on any atom is -0.486 e. The lowest BCUT2D eigenvalue weighted by Crippen LogP contribution is -2.02. The SMILES string of the molecule is CCOC(=O)c1ccc(COc2ccc(N)cc2)o1. The third-order valence-electron chi connectivity index (χ3n) is 2.40. The van der Waals surface area contributed by atoms with Crippen molar-refractivity contribution < 1.29 is 18.7 Å². The van der Waals surface area contributed by atoms with Crippen molar-refractivity contribution in [3.8, 4) is 5.75 Å². The standard InChI is InChI=1S/C14H15NO4/c1-2-17-14(16)13-8-7-12(19-13)9-18-11-5-3-10(15)4-6-11/h3-8H,2,9,15H2,1H3. The van der Waals surface area contributed by atoms with Crippen LogP contribution in [-0.4, -0.2) is 12.6 Å². The van der Waals surface area contributed by atoms with Crippen LogP contribution in [0.5, 0.6) is 5.75 Å². The molecule has 5 heteroatoms. The Morgan fingerprint density at radius 1 is 1.21 bits per heavy atom. The first-order valence-electron chi connectivity index (χ1n) is 5.93. The van der Waals surface area contributed by atoms with Crippen molar-refractivity contribution in [2.75, 3.05) is 12.3 Å². The molecule has 2 N–H and O–H groups in total. The van der Waals surface area contributed by atoms with Crippen molar-refractivity contribution in [3.05, 3.63) is 47.9 Å². The van der Waals surface area contributed by atoms with Crippen LogP contribution in [0.2, 0.25) is 0 Å². The van der Waals surface area contributed by atoms with Gasteiger partial charge in [-0.1, -0.05) is 0 Å². The topological polar surface area (TPSA) is 74.7 Å². The molecular weight excluding hydrogens is 246 g/mol. The molecule has 0 aliphatic carbocycles. The van der Waals surface area contributed by atoms with E-state index in [0.29, 0.717) is 23.8 Å². The van der Waals surface area contributed by atoms with E-state index in [9.17, 15) is 4.79 Å². The number of hydrogen-bond donors (Lipinski definition) is 1. The molecule has 0 saturated carbocycles. The molecule has 0 unspecified atom stereocenters. The van der Waals surface area contributed by atoms with Crippen molar-refractivity contribution in [2.24, 2.45) is 0 Å². The third-order valence-corrected chi connectivity index (χ3v) is 2.40. The number of carbonyl (C=O) groups excluding carboxylic acids is 1. The minimum atomic E-state index is -0.471. The zero-order chi connectivity index (χ0) is 13.7. The van der Waals surface area contributed by atoms with E-state index in [4.69, 9.17) is 19.6 Å². The molecule has 1 aromatic heterocycles. The summed E-state index contributed by atoms with van der Waals surface area (Å²) < 4.78 is 15.6. The Hall–Kier alpha value is -2.43. The molecule has 100 valence electrons. The summed E-state index contributed by atoms with van der Waals surface area (Å²) in [5, 5.41) is 0. The highest BCUT2D eigenvalue weighted by molar-refractivity contribution is 5.86. The van der Waals surface area contributed by atoms with Crippen LogP contribution in [0.3, 0.4) is 0 Å². The highest BCUT2D eigenvalue weighted by atomic mass is 16.5. The van der Waals surface area contributed by atoms with Gasteiger partial charge >= 0.3 is 5.97 Å².